The summed E-state index contributed by atoms with van der Waals surface area (Å²) in [6.07, 6.45) is 16.9. The fourth-order valence-electron chi connectivity index (χ4n) is 9.70. The molecule has 0 aromatic carbocycles. The Balaban J connectivity index is 1.36. The van der Waals surface area contributed by atoms with Gasteiger partial charge in [0.2, 0.25) is 0 Å². The molecule has 3 heteroatoms. The lowest BCUT2D eigenvalue weighted by atomic mass is 9.42. The third-order valence-electron chi connectivity index (χ3n) is 10.8. The number of aromatic nitrogens is 2. The summed E-state index contributed by atoms with van der Waals surface area (Å²) in [5.41, 5.74) is 1.17. The van der Waals surface area contributed by atoms with Gasteiger partial charge in [0, 0.05) is 12.7 Å². The van der Waals surface area contributed by atoms with E-state index in [1.807, 2.05) is 10.9 Å². The summed E-state index contributed by atoms with van der Waals surface area (Å²) < 4.78 is 2.03. The average Bonchev–Trinajstić information content (AvgIpc) is 3.20. The average molecular weight is 422 g/mol. The van der Waals surface area contributed by atoms with Crippen LogP contribution in [0, 0.1) is 70.0 Å². The third-order valence-corrected chi connectivity index (χ3v) is 10.8. The van der Waals surface area contributed by atoms with E-state index < -0.39 is 0 Å². The van der Waals surface area contributed by atoms with Crippen molar-refractivity contribution in [2.24, 2.45) is 58.7 Å². The van der Waals surface area contributed by atoms with Crippen LogP contribution in [0.2, 0.25) is 0 Å². The van der Waals surface area contributed by atoms with Crippen LogP contribution in [-0.2, 0) is 6.54 Å². The molecule has 1 heterocycles. The van der Waals surface area contributed by atoms with E-state index in [2.05, 4.69) is 38.9 Å². The molecular weight excluding hydrogens is 378 g/mol. The SMILES string of the molecule is C[C@H]1CC[C@H]2C(CC[C@@H]3C2CC[C@@]2(C)C3[C@H](C)CC[C@@H]2[C@H](C)Cn2cc(C#N)cn2)C1. The zero-order valence-electron chi connectivity index (χ0n) is 20.3. The molecular formula is C28H43N3. The highest BCUT2D eigenvalue weighted by atomic mass is 15.3. The molecule has 0 radical (unpaired) electrons. The van der Waals surface area contributed by atoms with E-state index in [0.717, 1.165) is 53.9 Å². The second-order valence-corrected chi connectivity index (χ2v) is 12.5. The molecule has 3 nitrogen and oxygen atoms in total. The van der Waals surface area contributed by atoms with E-state index >= 15 is 0 Å². The molecule has 1 aromatic rings. The van der Waals surface area contributed by atoms with Gasteiger partial charge in [0.1, 0.15) is 6.07 Å². The second kappa shape index (κ2) is 8.24. The van der Waals surface area contributed by atoms with Gasteiger partial charge in [-0.1, -0.05) is 40.5 Å². The monoisotopic (exact) mass is 421 g/mol. The summed E-state index contributed by atoms with van der Waals surface area (Å²) in [6, 6.07) is 2.23. The first kappa shape index (κ1) is 21.5. The fraction of sp³-hybridized carbons (Fsp3) is 0.857. The molecule has 0 amide bonds. The van der Waals surface area contributed by atoms with Gasteiger partial charge in [-0.3, -0.25) is 4.68 Å². The summed E-state index contributed by atoms with van der Waals surface area (Å²) in [5, 5.41) is 13.6. The fourth-order valence-corrected chi connectivity index (χ4v) is 9.70. The van der Waals surface area contributed by atoms with Crippen molar-refractivity contribution >= 4 is 0 Å². The number of rotatable bonds is 3. The highest BCUT2D eigenvalue weighted by molar-refractivity contribution is 5.21. The van der Waals surface area contributed by atoms with E-state index in [0.29, 0.717) is 16.9 Å². The Kier molecular flexibility index (Phi) is 5.72. The minimum atomic E-state index is 0.484. The predicted molar refractivity (Wildman–Crippen MR) is 125 cm³/mol. The van der Waals surface area contributed by atoms with E-state index in [9.17, 15) is 0 Å². The molecule has 3 unspecified atom stereocenters. The molecule has 31 heavy (non-hydrogen) atoms. The third kappa shape index (κ3) is 3.67. The van der Waals surface area contributed by atoms with Crippen LogP contribution in [0.5, 0.6) is 0 Å². The summed E-state index contributed by atoms with van der Waals surface area (Å²) in [5.74, 6) is 8.25. The van der Waals surface area contributed by atoms with Crippen molar-refractivity contribution in [3.8, 4) is 6.07 Å². The predicted octanol–water partition coefficient (Wildman–Crippen LogP) is 6.93. The standard InChI is InChI=1S/C28H43N3/c1-18-5-8-23-22(13-18)7-9-25-24(23)11-12-28(4)26(10-6-19(2)27(25)28)20(3)16-31-17-21(14-29)15-30-31/h15,17-20,22-27H,5-13,16H2,1-4H3/t18-,19+,20+,22?,23-,24?,25+,26+,27?,28+/m0/s1. The summed E-state index contributed by atoms with van der Waals surface area (Å²) in [7, 11) is 0. The maximum atomic E-state index is 9.16. The zero-order chi connectivity index (χ0) is 21.8. The highest BCUT2D eigenvalue weighted by Crippen LogP contribution is 2.65. The lowest BCUT2D eigenvalue weighted by Crippen LogP contribution is -2.56. The van der Waals surface area contributed by atoms with Gasteiger partial charge in [-0.05, 0) is 104 Å². The van der Waals surface area contributed by atoms with Crippen LogP contribution in [0.1, 0.15) is 91.0 Å². The van der Waals surface area contributed by atoms with Crippen LogP contribution in [-0.4, -0.2) is 9.78 Å². The van der Waals surface area contributed by atoms with Gasteiger partial charge in [-0.25, -0.2) is 0 Å². The van der Waals surface area contributed by atoms with E-state index in [1.54, 1.807) is 6.20 Å². The quantitative estimate of drug-likeness (QED) is 0.531. The Hall–Kier alpha value is -1.30. The van der Waals surface area contributed by atoms with Crippen LogP contribution in [0.15, 0.2) is 12.4 Å². The summed E-state index contributed by atoms with van der Waals surface area (Å²) in [6.45, 7) is 11.2. The molecule has 5 rings (SSSR count). The number of hydrogen-bond donors (Lipinski definition) is 0. The Morgan fingerprint density at radius 1 is 1.10 bits per heavy atom. The van der Waals surface area contributed by atoms with Crippen molar-refractivity contribution in [3.05, 3.63) is 18.0 Å². The number of hydrogen-bond acceptors (Lipinski definition) is 2. The van der Waals surface area contributed by atoms with Gasteiger partial charge in [0.25, 0.3) is 0 Å². The van der Waals surface area contributed by atoms with Crippen LogP contribution in [0.25, 0.3) is 0 Å². The second-order valence-electron chi connectivity index (χ2n) is 12.5. The molecule has 0 bridgehead atoms. The molecule has 1 aromatic heterocycles. The molecule has 4 fully saturated rings. The largest absolute Gasteiger partial charge is 0.271 e. The lowest BCUT2D eigenvalue weighted by Gasteiger charge is -2.63. The normalized spacial score (nSPS) is 45.6. The molecule has 0 N–H and O–H groups in total. The highest BCUT2D eigenvalue weighted by Gasteiger charge is 2.57. The van der Waals surface area contributed by atoms with Gasteiger partial charge in [-0.15, -0.1) is 0 Å². The van der Waals surface area contributed by atoms with Crippen molar-refractivity contribution in [2.75, 3.05) is 0 Å². The minimum absolute atomic E-state index is 0.484. The van der Waals surface area contributed by atoms with Crippen LogP contribution in [0.4, 0.5) is 0 Å². The van der Waals surface area contributed by atoms with Gasteiger partial charge < -0.3 is 0 Å². The van der Waals surface area contributed by atoms with Crippen LogP contribution in [0.3, 0.4) is 0 Å². The topological polar surface area (TPSA) is 41.6 Å². The van der Waals surface area contributed by atoms with Gasteiger partial charge in [0.15, 0.2) is 0 Å². The number of nitriles is 1. The van der Waals surface area contributed by atoms with E-state index in [1.165, 1.54) is 57.8 Å². The van der Waals surface area contributed by atoms with Gasteiger partial charge in [-0.2, -0.15) is 10.4 Å². The van der Waals surface area contributed by atoms with Crippen molar-refractivity contribution in [2.45, 2.75) is 92.0 Å². The maximum absolute atomic E-state index is 9.16. The summed E-state index contributed by atoms with van der Waals surface area (Å²) in [4.78, 5) is 0. The molecule has 0 saturated heterocycles. The van der Waals surface area contributed by atoms with Crippen molar-refractivity contribution in [1.82, 2.24) is 9.78 Å². The Morgan fingerprint density at radius 2 is 1.90 bits per heavy atom. The number of nitrogens with zero attached hydrogens (tertiary/aromatic N) is 3. The molecule has 4 aliphatic carbocycles. The van der Waals surface area contributed by atoms with E-state index in [4.69, 9.17) is 5.26 Å². The molecule has 4 aliphatic rings. The van der Waals surface area contributed by atoms with Crippen LogP contribution >= 0.6 is 0 Å². The van der Waals surface area contributed by atoms with Crippen molar-refractivity contribution in [1.29, 1.82) is 5.26 Å². The molecule has 0 aliphatic heterocycles. The maximum Gasteiger partial charge on any atom is 0.102 e. The molecule has 170 valence electrons. The molecule has 4 saturated carbocycles. The van der Waals surface area contributed by atoms with E-state index in [-0.39, 0.29) is 0 Å². The van der Waals surface area contributed by atoms with Gasteiger partial charge in [0.05, 0.1) is 11.8 Å². The Labute approximate surface area is 190 Å². The number of fused-ring (bicyclic) bond motifs is 5. The van der Waals surface area contributed by atoms with Crippen molar-refractivity contribution in [3.63, 3.8) is 0 Å². The zero-order valence-corrected chi connectivity index (χ0v) is 20.3. The first-order chi connectivity index (χ1) is 14.9. The smallest absolute Gasteiger partial charge is 0.102 e. The first-order valence-corrected chi connectivity index (χ1v) is 13.3. The minimum Gasteiger partial charge on any atom is -0.271 e. The lowest BCUT2D eigenvalue weighted by molar-refractivity contribution is -0.141. The molecule has 10 atom stereocenters. The van der Waals surface area contributed by atoms with Crippen LogP contribution < -0.4 is 0 Å². The first-order valence-electron chi connectivity index (χ1n) is 13.3. The Morgan fingerprint density at radius 3 is 2.68 bits per heavy atom. The summed E-state index contributed by atoms with van der Waals surface area (Å²) >= 11 is 0. The van der Waals surface area contributed by atoms with Gasteiger partial charge >= 0.3 is 0 Å². The molecule has 0 spiro atoms. The Bertz CT molecular complexity index is 820. The van der Waals surface area contributed by atoms with Crippen molar-refractivity contribution < 1.29 is 0 Å².